The molecule has 0 radical (unpaired) electrons. The molecule has 1 aliphatic heterocycles. The van der Waals surface area contributed by atoms with Crippen molar-refractivity contribution in [3.05, 3.63) is 23.8 Å². The van der Waals surface area contributed by atoms with E-state index in [0.717, 1.165) is 18.0 Å². The van der Waals surface area contributed by atoms with E-state index >= 15 is 0 Å². The topological polar surface area (TPSA) is 23.5 Å². The zero-order chi connectivity index (χ0) is 9.54. The van der Waals surface area contributed by atoms with Gasteiger partial charge in [-0.15, -0.1) is 0 Å². The van der Waals surface area contributed by atoms with Crippen LogP contribution in [0.2, 0.25) is 0 Å². The number of rotatable bonds is 1. The van der Waals surface area contributed by atoms with Crippen LogP contribution in [0.4, 0.5) is 5.69 Å². The van der Waals surface area contributed by atoms with Gasteiger partial charge in [0.15, 0.2) is 0 Å². The van der Waals surface area contributed by atoms with Crippen LogP contribution < -0.4 is 4.90 Å². The minimum absolute atomic E-state index is 0.479. The van der Waals surface area contributed by atoms with Crippen molar-refractivity contribution >= 4 is 5.69 Å². The number of fused-ring (bicyclic) bond motifs is 1. The summed E-state index contributed by atoms with van der Waals surface area (Å²) < 4.78 is 0. The molecule has 0 bridgehead atoms. The molecule has 0 unspecified atom stereocenters. The van der Waals surface area contributed by atoms with Gasteiger partial charge in [0, 0.05) is 23.8 Å². The number of nitrogens with zero attached hydrogens (tertiary/aromatic N) is 1. The van der Waals surface area contributed by atoms with E-state index in [0.29, 0.717) is 5.75 Å². The second-order valence-electron chi connectivity index (χ2n) is 4.30. The van der Waals surface area contributed by atoms with E-state index in [1.54, 1.807) is 6.07 Å². The summed E-state index contributed by atoms with van der Waals surface area (Å²) in [6.07, 6.45) is 4.87. The number of phenols is 1. The zero-order valence-corrected chi connectivity index (χ0v) is 8.24. The van der Waals surface area contributed by atoms with Gasteiger partial charge in [0.05, 0.1) is 0 Å². The lowest BCUT2D eigenvalue weighted by atomic mass is 10.0. The summed E-state index contributed by atoms with van der Waals surface area (Å²) in [7, 11) is 0. The van der Waals surface area contributed by atoms with Gasteiger partial charge in [-0.2, -0.15) is 0 Å². The Morgan fingerprint density at radius 1 is 1.29 bits per heavy atom. The molecule has 0 saturated heterocycles. The summed E-state index contributed by atoms with van der Waals surface area (Å²) in [5.41, 5.74) is 2.43. The highest BCUT2D eigenvalue weighted by Gasteiger charge is 2.32. The minimum Gasteiger partial charge on any atom is -0.508 e. The van der Waals surface area contributed by atoms with Crippen molar-refractivity contribution in [2.45, 2.75) is 31.7 Å². The van der Waals surface area contributed by atoms with Crippen LogP contribution >= 0.6 is 0 Å². The van der Waals surface area contributed by atoms with Crippen molar-refractivity contribution in [1.29, 1.82) is 0 Å². The van der Waals surface area contributed by atoms with Gasteiger partial charge in [-0.3, -0.25) is 0 Å². The third-order valence-corrected chi connectivity index (χ3v) is 3.25. The smallest absolute Gasteiger partial charge is 0.120 e. The molecule has 2 heteroatoms. The molecule has 0 spiro atoms. The van der Waals surface area contributed by atoms with E-state index in [9.17, 15) is 5.11 Å². The number of hydrogen-bond donors (Lipinski definition) is 1. The lowest BCUT2D eigenvalue weighted by Gasteiger charge is -2.31. The molecule has 2 nitrogen and oxygen atoms in total. The summed E-state index contributed by atoms with van der Waals surface area (Å²) in [5, 5.41) is 9.75. The Kier molecular flexibility index (Phi) is 1.69. The first-order valence-corrected chi connectivity index (χ1v) is 5.44. The molecule has 0 atom stereocenters. The average molecular weight is 189 g/mol. The van der Waals surface area contributed by atoms with E-state index in [1.807, 2.05) is 6.07 Å². The first-order chi connectivity index (χ1) is 6.86. The maximum atomic E-state index is 9.75. The van der Waals surface area contributed by atoms with Crippen LogP contribution in [-0.4, -0.2) is 17.7 Å². The van der Waals surface area contributed by atoms with Gasteiger partial charge < -0.3 is 10.0 Å². The van der Waals surface area contributed by atoms with E-state index in [4.69, 9.17) is 0 Å². The van der Waals surface area contributed by atoms with Crippen LogP contribution in [0.25, 0.3) is 0 Å². The number of hydrogen-bond acceptors (Lipinski definition) is 2. The monoisotopic (exact) mass is 189 g/mol. The van der Waals surface area contributed by atoms with E-state index in [2.05, 4.69) is 11.0 Å². The lowest BCUT2D eigenvalue weighted by Crippen LogP contribution is -2.31. The van der Waals surface area contributed by atoms with E-state index in [1.165, 1.54) is 31.5 Å². The van der Waals surface area contributed by atoms with Crippen molar-refractivity contribution in [3.8, 4) is 5.75 Å². The summed E-state index contributed by atoms with van der Waals surface area (Å²) in [5.74, 6) is 0.479. The van der Waals surface area contributed by atoms with Gasteiger partial charge in [0.2, 0.25) is 0 Å². The van der Waals surface area contributed by atoms with E-state index < -0.39 is 0 Å². The second kappa shape index (κ2) is 2.91. The largest absolute Gasteiger partial charge is 0.508 e. The standard InChI is InChI=1S/C12H15NO/c14-12-5-1-4-11-10(12)3-2-8-13(11)9-6-7-9/h1,4-5,9,14H,2-3,6-8H2. The first kappa shape index (κ1) is 8.16. The quantitative estimate of drug-likeness (QED) is 0.732. The molecule has 1 fully saturated rings. The molecule has 1 aromatic rings. The molecule has 2 aliphatic rings. The maximum Gasteiger partial charge on any atom is 0.120 e. The number of aromatic hydroxyl groups is 1. The maximum absolute atomic E-state index is 9.75. The zero-order valence-electron chi connectivity index (χ0n) is 8.24. The Morgan fingerprint density at radius 3 is 2.93 bits per heavy atom. The summed E-state index contributed by atoms with van der Waals surface area (Å²) >= 11 is 0. The highest BCUT2D eigenvalue weighted by Crippen LogP contribution is 2.39. The molecule has 14 heavy (non-hydrogen) atoms. The number of benzene rings is 1. The molecule has 0 amide bonds. The summed E-state index contributed by atoms with van der Waals surface area (Å²) in [6.45, 7) is 1.17. The van der Waals surface area contributed by atoms with Gasteiger partial charge in [0.1, 0.15) is 5.75 Å². The van der Waals surface area contributed by atoms with E-state index in [-0.39, 0.29) is 0 Å². The first-order valence-electron chi connectivity index (χ1n) is 5.44. The minimum atomic E-state index is 0.479. The molecule has 1 heterocycles. The molecule has 0 aromatic heterocycles. The Hall–Kier alpha value is -1.18. The van der Waals surface area contributed by atoms with Crippen LogP contribution in [0.3, 0.4) is 0 Å². The predicted molar refractivity (Wildman–Crippen MR) is 56.8 cm³/mol. The molecular formula is C12H15NO. The van der Waals surface area contributed by atoms with Crippen molar-refractivity contribution in [2.24, 2.45) is 0 Å². The average Bonchev–Trinajstić information content (AvgIpc) is 3.01. The third kappa shape index (κ3) is 1.17. The molecule has 1 aliphatic carbocycles. The lowest BCUT2D eigenvalue weighted by molar-refractivity contribution is 0.464. The fraction of sp³-hybridized carbons (Fsp3) is 0.500. The van der Waals surface area contributed by atoms with Crippen LogP contribution in [0, 0.1) is 0 Å². The Bertz CT molecular complexity index is 357. The van der Waals surface area contributed by atoms with Crippen molar-refractivity contribution in [1.82, 2.24) is 0 Å². The SMILES string of the molecule is Oc1cccc2c1CCCN2C1CC1. The van der Waals surface area contributed by atoms with Crippen LogP contribution in [0.1, 0.15) is 24.8 Å². The Balaban J connectivity index is 2.05. The highest BCUT2D eigenvalue weighted by molar-refractivity contribution is 5.61. The number of phenolic OH excluding ortho intramolecular Hbond substituents is 1. The summed E-state index contributed by atoms with van der Waals surface area (Å²) in [6, 6.07) is 6.66. The van der Waals surface area contributed by atoms with Gasteiger partial charge >= 0.3 is 0 Å². The Morgan fingerprint density at radius 2 is 2.14 bits per heavy atom. The van der Waals surface area contributed by atoms with Gasteiger partial charge in [-0.05, 0) is 37.8 Å². The molecule has 1 aromatic carbocycles. The molecule has 1 N–H and O–H groups in total. The molecular weight excluding hydrogens is 174 g/mol. The van der Waals surface area contributed by atoms with Gasteiger partial charge in [-0.25, -0.2) is 0 Å². The second-order valence-corrected chi connectivity index (χ2v) is 4.30. The van der Waals surface area contributed by atoms with Crippen LogP contribution in [0.5, 0.6) is 5.75 Å². The predicted octanol–water partition coefficient (Wildman–Crippen LogP) is 2.31. The van der Waals surface area contributed by atoms with Crippen molar-refractivity contribution in [2.75, 3.05) is 11.4 Å². The fourth-order valence-corrected chi connectivity index (χ4v) is 2.40. The van der Waals surface area contributed by atoms with Gasteiger partial charge in [0.25, 0.3) is 0 Å². The van der Waals surface area contributed by atoms with Crippen LogP contribution in [-0.2, 0) is 6.42 Å². The Labute approximate surface area is 84.2 Å². The van der Waals surface area contributed by atoms with Crippen molar-refractivity contribution in [3.63, 3.8) is 0 Å². The van der Waals surface area contributed by atoms with Gasteiger partial charge in [-0.1, -0.05) is 6.07 Å². The number of anilines is 1. The normalized spacial score (nSPS) is 20.7. The van der Waals surface area contributed by atoms with Crippen molar-refractivity contribution < 1.29 is 5.11 Å². The van der Waals surface area contributed by atoms with Crippen LogP contribution in [0.15, 0.2) is 18.2 Å². The summed E-state index contributed by atoms with van der Waals surface area (Å²) in [4.78, 5) is 2.47. The molecule has 74 valence electrons. The third-order valence-electron chi connectivity index (χ3n) is 3.25. The fourth-order valence-electron chi connectivity index (χ4n) is 2.40. The molecule has 1 saturated carbocycles. The highest BCUT2D eigenvalue weighted by atomic mass is 16.3. The molecule has 3 rings (SSSR count).